The lowest BCUT2D eigenvalue weighted by molar-refractivity contribution is 0.539. The first-order valence-corrected chi connectivity index (χ1v) is 9.79. The SMILES string of the molecule is Cc1nnn2c1-c1ccc(Br)cc1C(Nc1ccc3ncccc3c1)CC2. The van der Waals surface area contributed by atoms with Gasteiger partial charge in [0.1, 0.15) is 0 Å². The van der Waals surface area contributed by atoms with E-state index in [4.69, 9.17) is 0 Å². The Labute approximate surface area is 165 Å². The zero-order valence-electron chi connectivity index (χ0n) is 14.9. The van der Waals surface area contributed by atoms with Crippen molar-refractivity contribution in [2.24, 2.45) is 0 Å². The maximum absolute atomic E-state index is 4.41. The van der Waals surface area contributed by atoms with Crippen molar-refractivity contribution >= 4 is 32.5 Å². The highest BCUT2D eigenvalue weighted by molar-refractivity contribution is 9.10. The first-order chi connectivity index (χ1) is 13.2. The summed E-state index contributed by atoms with van der Waals surface area (Å²) in [6.07, 6.45) is 2.76. The van der Waals surface area contributed by atoms with Gasteiger partial charge in [0.2, 0.25) is 0 Å². The summed E-state index contributed by atoms with van der Waals surface area (Å²) in [5.74, 6) is 0. The number of anilines is 1. The fraction of sp³-hybridized carbons (Fsp3) is 0.190. The summed E-state index contributed by atoms with van der Waals surface area (Å²) in [6.45, 7) is 2.85. The van der Waals surface area contributed by atoms with E-state index < -0.39 is 0 Å². The number of nitrogens with one attached hydrogen (secondary N) is 1. The van der Waals surface area contributed by atoms with Crippen LogP contribution in [0.25, 0.3) is 22.2 Å². The molecule has 1 atom stereocenters. The number of aryl methyl sites for hydroxylation is 2. The van der Waals surface area contributed by atoms with Crippen LogP contribution in [-0.4, -0.2) is 20.0 Å². The number of halogens is 1. The predicted octanol–water partition coefficient (Wildman–Crippen LogP) is 5.12. The zero-order chi connectivity index (χ0) is 18.4. The van der Waals surface area contributed by atoms with Gasteiger partial charge in [0.05, 0.1) is 22.9 Å². The molecule has 5 rings (SSSR count). The molecule has 134 valence electrons. The monoisotopic (exact) mass is 419 g/mol. The van der Waals surface area contributed by atoms with E-state index in [0.29, 0.717) is 0 Å². The van der Waals surface area contributed by atoms with Crippen molar-refractivity contribution in [3.05, 3.63) is 70.5 Å². The summed E-state index contributed by atoms with van der Waals surface area (Å²) in [4.78, 5) is 4.41. The van der Waals surface area contributed by atoms with Crippen LogP contribution in [0.2, 0.25) is 0 Å². The second-order valence-electron chi connectivity index (χ2n) is 6.87. The van der Waals surface area contributed by atoms with E-state index in [9.17, 15) is 0 Å². The van der Waals surface area contributed by atoms with Crippen LogP contribution >= 0.6 is 15.9 Å². The molecule has 0 radical (unpaired) electrons. The van der Waals surface area contributed by atoms with Gasteiger partial charge in [0.15, 0.2) is 0 Å². The van der Waals surface area contributed by atoms with Crippen LogP contribution in [0.1, 0.15) is 23.7 Å². The Morgan fingerprint density at radius 2 is 2.07 bits per heavy atom. The van der Waals surface area contributed by atoms with Crippen LogP contribution in [0.4, 0.5) is 5.69 Å². The molecule has 1 aliphatic heterocycles. The van der Waals surface area contributed by atoms with Gasteiger partial charge < -0.3 is 5.32 Å². The van der Waals surface area contributed by atoms with Crippen molar-refractivity contribution in [3.8, 4) is 11.3 Å². The van der Waals surface area contributed by atoms with Gasteiger partial charge in [-0.25, -0.2) is 4.68 Å². The molecule has 27 heavy (non-hydrogen) atoms. The number of hydrogen-bond acceptors (Lipinski definition) is 4. The molecule has 1 aliphatic rings. The van der Waals surface area contributed by atoms with Gasteiger partial charge in [0.25, 0.3) is 0 Å². The summed E-state index contributed by atoms with van der Waals surface area (Å²) >= 11 is 3.64. The largest absolute Gasteiger partial charge is 0.378 e. The molecule has 0 amide bonds. The maximum Gasteiger partial charge on any atom is 0.0918 e. The molecule has 0 bridgehead atoms. The highest BCUT2D eigenvalue weighted by Gasteiger charge is 2.25. The van der Waals surface area contributed by atoms with Gasteiger partial charge >= 0.3 is 0 Å². The molecule has 1 N–H and O–H groups in total. The molecule has 2 aromatic heterocycles. The van der Waals surface area contributed by atoms with Crippen molar-refractivity contribution < 1.29 is 0 Å². The summed E-state index contributed by atoms with van der Waals surface area (Å²) in [6, 6.07) is 17.0. The highest BCUT2D eigenvalue weighted by atomic mass is 79.9. The van der Waals surface area contributed by atoms with E-state index in [0.717, 1.165) is 45.4 Å². The van der Waals surface area contributed by atoms with E-state index >= 15 is 0 Å². The Morgan fingerprint density at radius 3 is 3.00 bits per heavy atom. The minimum atomic E-state index is 0.188. The third kappa shape index (κ3) is 2.90. The van der Waals surface area contributed by atoms with Gasteiger partial charge in [0, 0.05) is 33.9 Å². The number of pyridine rings is 1. The lowest BCUT2D eigenvalue weighted by atomic mass is 9.96. The minimum absolute atomic E-state index is 0.188. The van der Waals surface area contributed by atoms with Gasteiger partial charge in [-0.05, 0) is 55.3 Å². The van der Waals surface area contributed by atoms with Gasteiger partial charge in [-0.2, -0.15) is 0 Å². The van der Waals surface area contributed by atoms with Gasteiger partial charge in [-0.15, -0.1) is 5.10 Å². The molecule has 5 nitrogen and oxygen atoms in total. The highest BCUT2D eigenvalue weighted by Crippen LogP contribution is 2.38. The molecule has 4 aromatic rings. The number of rotatable bonds is 2. The molecular weight excluding hydrogens is 402 g/mol. The third-order valence-corrected chi connectivity index (χ3v) is 5.61. The Hall–Kier alpha value is -2.73. The molecule has 3 heterocycles. The minimum Gasteiger partial charge on any atom is -0.378 e. The molecule has 0 fully saturated rings. The second-order valence-corrected chi connectivity index (χ2v) is 7.79. The van der Waals surface area contributed by atoms with Crippen molar-refractivity contribution in [3.63, 3.8) is 0 Å². The summed E-state index contributed by atoms with van der Waals surface area (Å²) in [5.41, 5.74) is 6.65. The molecular formula is C21H18BrN5. The number of aromatic nitrogens is 4. The molecule has 6 heteroatoms. The van der Waals surface area contributed by atoms with Crippen molar-refractivity contribution in [2.45, 2.75) is 25.9 Å². The second kappa shape index (κ2) is 6.46. The Balaban J connectivity index is 1.58. The molecule has 2 aromatic carbocycles. The van der Waals surface area contributed by atoms with E-state index in [-0.39, 0.29) is 6.04 Å². The smallest absolute Gasteiger partial charge is 0.0918 e. The normalized spacial score (nSPS) is 15.9. The van der Waals surface area contributed by atoms with Crippen molar-refractivity contribution in [1.29, 1.82) is 0 Å². The maximum atomic E-state index is 4.41. The molecule has 0 aliphatic carbocycles. The van der Waals surface area contributed by atoms with E-state index in [2.05, 4.69) is 79.0 Å². The fourth-order valence-corrected chi connectivity index (χ4v) is 4.23. The summed E-state index contributed by atoms with van der Waals surface area (Å²) in [5, 5.41) is 13.5. The fourth-order valence-electron chi connectivity index (χ4n) is 3.85. The summed E-state index contributed by atoms with van der Waals surface area (Å²) < 4.78 is 3.10. The van der Waals surface area contributed by atoms with Crippen LogP contribution in [0.3, 0.4) is 0 Å². The third-order valence-electron chi connectivity index (χ3n) is 5.12. The number of nitrogens with zero attached hydrogens (tertiary/aromatic N) is 4. The molecule has 1 unspecified atom stereocenters. The molecule has 0 saturated heterocycles. The number of benzene rings is 2. The lowest BCUT2D eigenvalue weighted by Gasteiger charge is -2.21. The van der Waals surface area contributed by atoms with E-state index in [1.807, 2.05) is 23.9 Å². The van der Waals surface area contributed by atoms with Gasteiger partial charge in [-0.3, -0.25) is 4.98 Å². The van der Waals surface area contributed by atoms with Crippen molar-refractivity contribution in [2.75, 3.05) is 5.32 Å². The van der Waals surface area contributed by atoms with Crippen LogP contribution in [0.5, 0.6) is 0 Å². The quantitative estimate of drug-likeness (QED) is 0.489. The predicted molar refractivity (Wildman–Crippen MR) is 111 cm³/mol. The first kappa shape index (κ1) is 16.4. The summed E-state index contributed by atoms with van der Waals surface area (Å²) in [7, 11) is 0. The number of hydrogen-bond donors (Lipinski definition) is 1. The Bertz CT molecular complexity index is 1150. The van der Waals surface area contributed by atoms with Crippen LogP contribution < -0.4 is 5.32 Å². The van der Waals surface area contributed by atoms with Crippen LogP contribution in [0.15, 0.2) is 59.2 Å². The van der Waals surface area contributed by atoms with Crippen LogP contribution in [0, 0.1) is 6.92 Å². The Kier molecular flexibility index (Phi) is 3.93. The average Bonchev–Trinajstić information content (AvgIpc) is 2.97. The van der Waals surface area contributed by atoms with Gasteiger partial charge in [-0.1, -0.05) is 33.3 Å². The molecule has 0 spiro atoms. The number of fused-ring (bicyclic) bond motifs is 4. The Morgan fingerprint density at radius 1 is 1.15 bits per heavy atom. The van der Waals surface area contributed by atoms with Crippen molar-refractivity contribution in [1.82, 2.24) is 20.0 Å². The topological polar surface area (TPSA) is 55.6 Å². The van der Waals surface area contributed by atoms with E-state index in [1.54, 1.807) is 0 Å². The van der Waals surface area contributed by atoms with E-state index in [1.165, 1.54) is 11.1 Å². The average molecular weight is 420 g/mol. The molecule has 0 saturated carbocycles. The standard InChI is InChI=1S/C21H18BrN5/c1-13-21-17-6-4-15(22)12-18(17)20(8-10-27(21)26-25-13)24-16-5-7-19-14(11-16)3-2-9-23-19/h2-7,9,11-12,20,24H,8,10H2,1H3. The van der Waals surface area contributed by atoms with Crippen LogP contribution in [-0.2, 0) is 6.54 Å². The first-order valence-electron chi connectivity index (χ1n) is 9.00. The zero-order valence-corrected chi connectivity index (χ0v) is 16.4. The lowest BCUT2D eigenvalue weighted by Crippen LogP contribution is -2.12.